The predicted molar refractivity (Wildman–Crippen MR) is 184 cm³/mol. The van der Waals surface area contributed by atoms with Crippen LogP contribution >= 0.6 is 0 Å². The van der Waals surface area contributed by atoms with Crippen molar-refractivity contribution in [3.63, 3.8) is 0 Å². The van der Waals surface area contributed by atoms with Crippen molar-refractivity contribution in [2.75, 3.05) is 6.54 Å². The zero-order chi connectivity index (χ0) is 32.5. The molecule has 2 unspecified atom stereocenters. The van der Waals surface area contributed by atoms with Gasteiger partial charge in [-0.05, 0) is 83.6 Å². The Morgan fingerprint density at radius 2 is 1.20 bits per heavy atom. The molecule has 0 radical (unpaired) electrons. The first-order chi connectivity index (χ1) is 21.4. The number of rotatable bonds is 32. The molecular weight excluding hydrogens is 552 g/mol. The highest BCUT2D eigenvalue weighted by molar-refractivity contribution is 5.83. The van der Waals surface area contributed by atoms with Crippen molar-refractivity contribution >= 4 is 17.8 Å². The van der Waals surface area contributed by atoms with Gasteiger partial charge in [-0.3, -0.25) is 9.59 Å². The molecule has 0 rings (SSSR count). The zero-order valence-electron chi connectivity index (χ0n) is 28.5. The minimum Gasteiger partial charge on any atom is -0.480 e. The number of carbonyl (C=O) groups is 3. The molecule has 0 aliphatic rings. The van der Waals surface area contributed by atoms with E-state index in [4.69, 9.17) is 10.5 Å². The van der Waals surface area contributed by atoms with Crippen LogP contribution in [0.2, 0.25) is 0 Å². The number of nitrogens with two attached hydrogens (primary N) is 1. The number of allylic oxidation sites excluding steroid dienone is 4. The molecular formula is C37H68N2O5. The summed E-state index contributed by atoms with van der Waals surface area (Å²) in [7, 11) is 0. The lowest BCUT2D eigenvalue weighted by atomic mass is 10.0. The molecule has 7 nitrogen and oxygen atoms in total. The fourth-order valence-electron chi connectivity index (χ4n) is 5.25. The summed E-state index contributed by atoms with van der Waals surface area (Å²) in [5.41, 5.74) is 5.46. The molecule has 0 aromatic carbocycles. The maximum Gasteiger partial charge on any atom is 0.326 e. The Hall–Kier alpha value is -2.15. The number of aliphatic carboxylic acids is 1. The van der Waals surface area contributed by atoms with Gasteiger partial charge in [0.25, 0.3) is 0 Å². The molecule has 2 atom stereocenters. The van der Waals surface area contributed by atoms with Crippen LogP contribution in [0, 0.1) is 0 Å². The van der Waals surface area contributed by atoms with Crippen LogP contribution < -0.4 is 11.1 Å². The van der Waals surface area contributed by atoms with E-state index in [9.17, 15) is 19.5 Å². The molecule has 0 spiro atoms. The highest BCUT2D eigenvalue weighted by atomic mass is 16.5. The predicted octanol–water partition coefficient (Wildman–Crippen LogP) is 9.33. The van der Waals surface area contributed by atoms with E-state index in [2.05, 4.69) is 43.5 Å². The van der Waals surface area contributed by atoms with E-state index in [0.29, 0.717) is 32.2 Å². The SMILES string of the molecule is CCCCC/C=C\C/C=C\CCCC(CCCCCCCC(=O)NC(CCCN)C(=O)O)OC(=O)CCCCCCCCC. The van der Waals surface area contributed by atoms with Crippen molar-refractivity contribution in [2.24, 2.45) is 5.73 Å². The van der Waals surface area contributed by atoms with E-state index >= 15 is 0 Å². The van der Waals surface area contributed by atoms with Crippen LogP contribution in [-0.4, -0.2) is 41.6 Å². The lowest BCUT2D eigenvalue weighted by molar-refractivity contribution is -0.150. The third-order valence-electron chi connectivity index (χ3n) is 8.02. The number of hydrogen-bond acceptors (Lipinski definition) is 5. The van der Waals surface area contributed by atoms with Crippen LogP contribution in [0.4, 0.5) is 0 Å². The smallest absolute Gasteiger partial charge is 0.326 e. The molecule has 0 bridgehead atoms. The van der Waals surface area contributed by atoms with Crippen LogP contribution in [0.15, 0.2) is 24.3 Å². The van der Waals surface area contributed by atoms with Gasteiger partial charge in [0.15, 0.2) is 0 Å². The summed E-state index contributed by atoms with van der Waals surface area (Å²) < 4.78 is 5.95. The molecule has 0 saturated carbocycles. The summed E-state index contributed by atoms with van der Waals surface area (Å²) in [6.45, 7) is 4.87. The van der Waals surface area contributed by atoms with Gasteiger partial charge in [-0.1, -0.05) is 109 Å². The van der Waals surface area contributed by atoms with E-state index in [-0.39, 0.29) is 18.0 Å². The van der Waals surface area contributed by atoms with Crippen LogP contribution in [-0.2, 0) is 19.1 Å². The summed E-state index contributed by atoms with van der Waals surface area (Å²) in [5.74, 6) is -1.27. The van der Waals surface area contributed by atoms with E-state index in [1.165, 1.54) is 57.8 Å². The van der Waals surface area contributed by atoms with Gasteiger partial charge in [0, 0.05) is 12.8 Å². The Balaban J connectivity index is 4.38. The number of unbranched alkanes of at least 4 members (excludes halogenated alkanes) is 14. The number of nitrogens with one attached hydrogen (secondary N) is 1. The number of carboxylic acid groups (broad SMARTS) is 1. The average molecular weight is 621 g/mol. The summed E-state index contributed by atoms with van der Waals surface area (Å²) in [5, 5.41) is 11.9. The second-order valence-corrected chi connectivity index (χ2v) is 12.3. The van der Waals surface area contributed by atoms with E-state index in [1.807, 2.05) is 0 Å². The number of carbonyl (C=O) groups excluding carboxylic acids is 2. The number of carboxylic acids is 1. The second-order valence-electron chi connectivity index (χ2n) is 12.3. The standard InChI is InChI=1S/C37H68N2O5/c1-3-5-7-9-11-12-13-14-16-18-22-27-33(44-36(41)31-25-21-15-10-8-6-4-2)28-23-19-17-20-24-30-35(40)39-34(37(42)43)29-26-32-38/h11-12,14,16,33-34H,3-10,13,15,17-32,38H2,1-2H3,(H,39,40)(H,42,43)/b12-11-,16-14-. The highest BCUT2D eigenvalue weighted by Crippen LogP contribution is 2.17. The highest BCUT2D eigenvalue weighted by Gasteiger charge is 2.19. The molecule has 0 aromatic rings. The first kappa shape index (κ1) is 41.9. The van der Waals surface area contributed by atoms with Gasteiger partial charge < -0.3 is 20.9 Å². The Morgan fingerprint density at radius 3 is 1.84 bits per heavy atom. The summed E-state index contributed by atoms with van der Waals surface area (Å²) in [6, 6.07) is -0.857. The zero-order valence-corrected chi connectivity index (χ0v) is 28.5. The molecule has 0 heterocycles. The maximum absolute atomic E-state index is 12.6. The molecule has 256 valence electrons. The monoisotopic (exact) mass is 621 g/mol. The maximum atomic E-state index is 12.6. The first-order valence-corrected chi connectivity index (χ1v) is 18.2. The molecule has 1 amide bonds. The molecule has 0 aliphatic carbocycles. The fraction of sp³-hybridized carbons (Fsp3) is 0.811. The Labute approximate surface area is 270 Å². The lowest BCUT2D eigenvalue weighted by Crippen LogP contribution is -2.40. The Morgan fingerprint density at radius 1 is 0.659 bits per heavy atom. The van der Waals surface area contributed by atoms with Crippen LogP contribution in [0.3, 0.4) is 0 Å². The molecule has 0 aromatic heterocycles. The van der Waals surface area contributed by atoms with Crippen molar-refractivity contribution in [2.45, 2.75) is 187 Å². The van der Waals surface area contributed by atoms with Crippen molar-refractivity contribution in [3.05, 3.63) is 24.3 Å². The van der Waals surface area contributed by atoms with Gasteiger partial charge in [0.1, 0.15) is 12.1 Å². The fourth-order valence-corrected chi connectivity index (χ4v) is 5.25. The summed E-state index contributed by atoms with van der Waals surface area (Å²) in [6.07, 6.45) is 33.6. The largest absolute Gasteiger partial charge is 0.480 e. The van der Waals surface area contributed by atoms with Crippen LogP contribution in [0.5, 0.6) is 0 Å². The summed E-state index contributed by atoms with van der Waals surface area (Å²) >= 11 is 0. The van der Waals surface area contributed by atoms with Crippen LogP contribution in [0.1, 0.15) is 174 Å². The van der Waals surface area contributed by atoms with Crippen molar-refractivity contribution in [1.29, 1.82) is 0 Å². The third kappa shape index (κ3) is 28.6. The van der Waals surface area contributed by atoms with Crippen molar-refractivity contribution in [3.8, 4) is 0 Å². The topological polar surface area (TPSA) is 119 Å². The Kier molecular flexibility index (Phi) is 30.7. The molecule has 0 aliphatic heterocycles. The van der Waals surface area contributed by atoms with Gasteiger partial charge >= 0.3 is 11.9 Å². The average Bonchev–Trinajstić information content (AvgIpc) is 3.00. The molecule has 44 heavy (non-hydrogen) atoms. The van der Waals surface area contributed by atoms with Crippen LogP contribution in [0.25, 0.3) is 0 Å². The number of amides is 1. The normalized spacial score (nSPS) is 13.0. The van der Waals surface area contributed by atoms with Gasteiger partial charge in [-0.2, -0.15) is 0 Å². The van der Waals surface area contributed by atoms with E-state index in [1.54, 1.807) is 0 Å². The number of hydrogen-bond donors (Lipinski definition) is 3. The second kappa shape index (κ2) is 32.2. The van der Waals surface area contributed by atoms with Crippen molar-refractivity contribution < 1.29 is 24.2 Å². The molecule has 4 N–H and O–H groups in total. The molecule has 7 heteroatoms. The van der Waals surface area contributed by atoms with Gasteiger partial charge in [0.2, 0.25) is 5.91 Å². The first-order valence-electron chi connectivity index (χ1n) is 18.2. The number of ether oxygens (including phenoxy) is 1. The van der Waals surface area contributed by atoms with E-state index < -0.39 is 12.0 Å². The van der Waals surface area contributed by atoms with Gasteiger partial charge in [-0.25, -0.2) is 4.79 Å². The summed E-state index contributed by atoms with van der Waals surface area (Å²) in [4.78, 5) is 36.0. The minimum absolute atomic E-state index is 0.0221. The minimum atomic E-state index is -1.01. The van der Waals surface area contributed by atoms with Gasteiger partial charge in [-0.15, -0.1) is 0 Å². The van der Waals surface area contributed by atoms with Crippen molar-refractivity contribution in [1.82, 2.24) is 5.32 Å². The molecule has 0 fully saturated rings. The third-order valence-corrected chi connectivity index (χ3v) is 8.02. The Bertz CT molecular complexity index is 752. The number of esters is 1. The lowest BCUT2D eigenvalue weighted by Gasteiger charge is -2.18. The molecule has 0 saturated heterocycles. The quantitative estimate of drug-likeness (QED) is 0.0392. The van der Waals surface area contributed by atoms with E-state index in [0.717, 1.165) is 77.0 Å². The van der Waals surface area contributed by atoms with Gasteiger partial charge in [0.05, 0.1) is 0 Å².